The summed E-state index contributed by atoms with van der Waals surface area (Å²) in [6.45, 7) is 2.08. The summed E-state index contributed by atoms with van der Waals surface area (Å²) in [4.78, 5) is 26.0. The smallest absolute Gasteiger partial charge is 0.267 e. The van der Waals surface area contributed by atoms with Gasteiger partial charge in [0.15, 0.2) is 0 Å². The van der Waals surface area contributed by atoms with E-state index in [2.05, 4.69) is 5.10 Å². The second kappa shape index (κ2) is 7.27. The van der Waals surface area contributed by atoms with Gasteiger partial charge in [-0.1, -0.05) is 0 Å². The van der Waals surface area contributed by atoms with Gasteiger partial charge in [-0.15, -0.1) is 0 Å². The topological polar surface area (TPSA) is 73.7 Å². The fourth-order valence-electron chi connectivity index (χ4n) is 2.52. The molecule has 0 aliphatic carbocycles. The van der Waals surface area contributed by atoms with E-state index in [0.717, 1.165) is 11.3 Å². The lowest BCUT2D eigenvalue weighted by molar-refractivity contribution is -0.136. The summed E-state index contributed by atoms with van der Waals surface area (Å²) < 4.78 is 11.6. The van der Waals surface area contributed by atoms with Crippen LogP contribution in [-0.4, -0.2) is 54.0 Å². The lowest BCUT2D eigenvalue weighted by Crippen LogP contribution is -2.43. The maximum atomic E-state index is 12.3. The van der Waals surface area contributed by atoms with Gasteiger partial charge in [0, 0.05) is 24.7 Å². The molecular formula is C17H19N3O4. The van der Waals surface area contributed by atoms with Crippen LogP contribution >= 0.6 is 0 Å². The van der Waals surface area contributed by atoms with Crippen LogP contribution in [0.4, 0.5) is 0 Å². The van der Waals surface area contributed by atoms with E-state index < -0.39 is 0 Å². The number of carbonyl (C=O) groups excluding carboxylic acids is 1. The minimum atomic E-state index is -0.297. The van der Waals surface area contributed by atoms with Gasteiger partial charge in [-0.05, 0) is 30.3 Å². The maximum absolute atomic E-state index is 12.3. The van der Waals surface area contributed by atoms with Crippen LogP contribution in [0.25, 0.3) is 11.3 Å². The van der Waals surface area contributed by atoms with Crippen LogP contribution in [0.2, 0.25) is 0 Å². The minimum absolute atomic E-state index is 0.0666. The second-order valence-corrected chi connectivity index (χ2v) is 5.44. The highest BCUT2D eigenvalue weighted by molar-refractivity contribution is 5.76. The summed E-state index contributed by atoms with van der Waals surface area (Å²) in [6.07, 6.45) is 0. The van der Waals surface area contributed by atoms with Gasteiger partial charge < -0.3 is 14.4 Å². The Bertz CT molecular complexity index is 764. The normalized spacial score (nSPS) is 14.5. The number of methoxy groups -OCH3 is 1. The molecule has 7 heteroatoms. The van der Waals surface area contributed by atoms with E-state index in [1.807, 2.05) is 24.3 Å². The summed E-state index contributed by atoms with van der Waals surface area (Å²) in [6, 6.07) is 10.5. The number of nitrogens with zero attached hydrogens (tertiary/aromatic N) is 3. The predicted molar refractivity (Wildman–Crippen MR) is 87.9 cm³/mol. The zero-order valence-corrected chi connectivity index (χ0v) is 13.5. The van der Waals surface area contributed by atoms with Gasteiger partial charge in [0.25, 0.3) is 5.56 Å². The molecule has 1 aromatic carbocycles. The Kier molecular flexibility index (Phi) is 4.90. The van der Waals surface area contributed by atoms with Crippen LogP contribution in [0.15, 0.2) is 41.2 Å². The molecular weight excluding hydrogens is 310 g/mol. The third-order valence-electron chi connectivity index (χ3n) is 3.90. The van der Waals surface area contributed by atoms with Gasteiger partial charge >= 0.3 is 0 Å². The lowest BCUT2D eigenvalue weighted by atomic mass is 10.1. The fraction of sp³-hybridized carbons (Fsp3) is 0.353. The maximum Gasteiger partial charge on any atom is 0.267 e. The number of carbonyl (C=O) groups is 1. The van der Waals surface area contributed by atoms with E-state index in [1.54, 1.807) is 18.1 Å². The third-order valence-corrected chi connectivity index (χ3v) is 3.90. The average molecular weight is 329 g/mol. The van der Waals surface area contributed by atoms with Crippen molar-refractivity contribution in [1.29, 1.82) is 0 Å². The molecule has 7 nitrogen and oxygen atoms in total. The van der Waals surface area contributed by atoms with Crippen molar-refractivity contribution < 1.29 is 14.3 Å². The molecule has 1 aliphatic rings. The van der Waals surface area contributed by atoms with Gasteiger partial charge in [0.05, 0.1) is 26.0 Å². The van der Waals surface area contributed by atoms with Crippen LogP contribution in [-0.2, 0) is 16.1 Å². The highest BCUT2D eigenvalue weighted by Gasteiger charge is 2.18. The number of benzene rings is 1. The number of hydrogen-bond donors (Lipinski definition) is 0. The second-order valence-electron chi connectivity index (χ2n) is 5.44. The molecule has 3 rings (SSSR count). The Morgan fingerprint density at radius 2 is 1.88 bits per heavy atom. The molecule has 1 saturated heterocycles. The molecule has 1 aliphatic heterocycles. The molecule has 0 unspecified atom stereocenters. The van der Waals surface area contributed by atoms with Crippen molar-refractivity contribution in [3.05, 3.63) is 46.8 Å². The van der Waals surface area contributed by atoms with Crippen LogP contribution < -0.4 is 10.3 Å². The van der Waals surface area contributed by atoms with Crippen molar-refractivity contribution in [2.24, 2.45) is 0 Å². The quantitative estimate of drug-likeness (QED) is 0.829. The standard InChI is InChI=1S/C17H19N3O4/c1-23-14-4-2-13(3-5-14)15-6-7-16(21)20(18-15)12-17(22)19-8-10-24-11-9-19/h2-7H,8-12H2,1H3. The van der Waals surface area contributed by atoms with Crippen molar-refractivity contribution in [3.63, 3.8) is 0 Å². The van der Waals surface area contributed by atoms with Gasteiger partial charge in [0.2, 0.25) is 5.91 Å². The van der Waals surface area contributed by atoms with Crippen LogP contribution in [0.3, 0.4) is 0 Å². The SMILES string of the molecule is COc1ccc(-c2ccc(=O)n(CC(=O)N3CCOCC3)n2)cc1. The highest BCUT2D eigenvalue weighted by atomic mass is 16.5. The monoisotopic (exact) mass is 329 g/mol. The van der Waals surface area contributed by atoms with Crippen molar-refractivity contribution in [1.82, 2.24) is 14.7 Å². The Morgan fingerprint density at radius 3 is 2.54 bits per heavy atom. The Balaban J connectivity index is 1.80. The average Bonchev–Trinajstić information content (AvgIpc) is 2.64. The number of ether oxygens (including phenoxy) is 2. The lowest BCUT2D eigenvalue weighted by Gasteiger charge is -2.26. The van der Waals surface area contributed by atoms with Gasteiger partial charge in [-0.2, -0.15) is 5.10 Å². The molecule has 2 aromatic rings. The Morgan fingerprint density at radius 1 is 1.17 bits per heavy atom. The number of amides is 1. The summed E-state index contributed by atoms with van der Waals surface area (Å²) >= 11 is 0. The van der Waals surface area contributed by atoms with Crippen molar-refractivity contribution in [2.45, 2.75) is 6.54 Å². The van der Waals surface area contributed by atoms with Crippen molar-refractivity contribution in [2.75, 3.05) is 33.4 Å². The molecule has 1 aromatic heterocycles. The summed E-state index contributed by atoms with van der Waals surface area (Å²) in [5.74, 6) is 0.620. The van der Waals surface area contributed by atoms with E-state index in [9.17, 15) is 9.59 Å². The van der Waals surface area contributed by atoms with Crippen molar-refractivity contribution >= 4 is 5.91 Å². The van der Waals surface area contributed by atoms with Crippen LogP contribution in [0, 0.1) is 0 Å². The molecule has 2 heterocycles. The summed E-state index contributed by atoms with van der Waals surface area (Å²) in [7, 11) is 1.60. The van der Waals surface area contributed by atoms with E-state index in [4.69, 9.17) is 9.47 Å². The molecule has 24 heavy (non-hydrogen) atoms. The van der Waals surface area contributed by atoms with E-state index >= 15 is 0 Å². The third kappa shape index (κ3) is 3.62. The number of aromatic nitrogens is 2. The van der Waals surface area contributed by atoms with Gasteiger partial charge in [0.1, 0.15) is 12.3 Å². The van der Waals surface area contributed by atoms with Crippen LogP contribution in [0.5, 0.6) is 5.75 Å². The summed E-state index contributed by atoms with van der Waals surface area (Å²) in [5, 5.41) is 4.32. The molecule has 0 saturated carbocycles. The molecule has 0 atom stereocenters. The Labute approximate surface area is 139 Å². The minimum Gasteiger partial charge on any atom is -0.497 e. The van der Waals surface area contributed by atoms with Crippen LogP contribution in [0.1, 0.15) is 0 Å². The first-order chi connectivity index (χ1) is 11.7. The van der Waals surface area contributed by atoms with Gasteiger partial charge in [-0.25, -0.2) is 4.68 Å². The number of hydrogen-bond acceptors (Lipinski definition) is 5. The van der Waals surface area contributed by atoms with E-state index in [1.165, 1.54) is 10.7 Å². The number of morpholine rings is 1. The highest BCUT2D eigenvalue weighted by Crippen LogP contribution is 2.19. The zero-order chi connectivity index (χ0) is 16.9. The molecule has 0 N–H and O–H groups in total. The fourth-order valence-corrected chi connectivity index (χ4v) is 2.52. The number of rotatable bonds is 4. The first kappa shape index (κ1) is 16.2. The predicted octanol–water partition coefficient (Wildman–Crippen LogP) is 0.778. The van der Waals surface area contributed by atoms with E-state index in [0.29, 0.717) is 32.0 Å². The largest absolute Gasteiger partial charge is 0.497 e. The first-order valence-electron chi connectivity index (χ1n) is 7.75. The zero-order valence-electron chi connectivity index (χ0n) is 13.5. The molecule has 1 fully saturated rings. The Hall–Kier alpha value is -2.67. The summed E-state index contributed by atoms with van der Waals surface area (Å²) in [5.41, 5.74) is 1.18. The first-order valence-corrected chi connectivity index (χ1v) is 7.75. The molecule has 126 valence electrons. The molecule has 0 bridgehead atoms. The molecule has 1 amide bonds. The van der Waals surface area contributed by atoms with E-state index in [-0.39, 0.29) is 18.0 Å². The molecule has 0 radical (unpaired) electrons. The van der Waals surface area contributed by atoms with Gasteiger partial charge in [-0.3, -0.25) is 9.59 Å². The van der Waals surface area contributed by atoms with Crippen molar-refractivity contribution in [3.8, 4) is 17.0 Å². The molecule has 0 spiro atoms.